The number of likely N-dealkylation sites (tertiary alicyclic amines) is 1. The number of aryl methyl sites for hydroxylation is 1. The van der Waals surface area contributed by atoms with Crippen molar-refractivity contribution < 1.29 is 14.7 Å². The normalized spacial score (nSPS) is 18.1. The van der Waals surface area contributed by atoms with Gasteiger partial charge in [0.05, 0.1) is 10.7 Å². The van der Waals surface area contributed by atoms with Crippen LogP contribution in [-0.2, 0) is 4.79 Å². The third kappa shape index (κ3) is 3.63. The summed E-state index contributed by atoms with van der Waals surface area (Å²) >= 11 is 6.07. The van der Waals surface area contributed by atoms with Crippen LogP contribution in [0.1, 0.15) is 18.4 Å². The number of aliphatic carboxylic acids is 1. The average Bonchev–Trinajstić information content (AvgIpc) is 2.80. The predicted octanol–water partition coefficient (Wildman–Crippen LogP) is 2.98. The molecule has 1 saturated heterocycles. The van der Waals surface area contributed by atoms with Crippen LogP contribution in [0.3, 0.4) is 0 Å². The Hall–Kier alpha value is -1.75. The molecule has 0 aliphatic carbocycles. The van der Waals surface area contributed by atoms with E-state index in [9.17, 15) is 9.59 Å². The molecule has 20 heavy (non-hydrogen) atoms. The second-order valence-electron chi connectivity index (χ2n) is 5.11. The third-order valence-electron chi connectivity index (χ3n) is 3.40. The van der Waals surface area contributed by atoms with Gasteiger partial charge in [0, 0.05) is 19.5 Å². The average molecular weight is 297 g/mol. The molecule has 0 aromatic heterocycles. The summed E-state index contributed by atoms with van der Waals surface area (Å²) in [6.07, 6.45) is 0.830. The molecular formula is C14H17ClN2O3. The van der Waals surface area contributed by atoms with Gasteiger partial charge in [0.1, 0.15) is 0 Å². The molecule has 1 fully saturated rings. The first-order valence-electron chi connectivity index (χ1n) is 6.49. The fourth-order valence-corrected chi connectivity index (χ4v) is 2.63. The molecule has 1 aromatic carbocycles. The maximum Gasteiger partial charge on any atom is 0.321 e. The van der Waals surface area contributed by atoms with Gasteiger partial charge >= 0.3 is 12.0 Å². The molecule has 0 radical (unpaired) electrons. The highest BCUT2D eigenvalue weighted by atomic mass is 35.5. The number of carboxylic acid groups (broad SMARTS) is 1. The van der Waals surface area contributed by atoms with Crippen molar-refractivity contribution in [1.82, 2.24) is 4.90 Å². The summed E-state index contributed by atoms with van der Waals surface area (Å²) in [6, 6.07) is 5.19. The fraction of sp³-hybridized carbons (Fsp3) is 0.429. The molecule has 1 aromatic rings. The van der Waals surface area contributed by atoms with E-state index in [0.717, 1.165) is 12.0 Å². The molecule has 2 N–H and O–H groups in total. The Kier molecular flexibility index (Phi) is 4.49. The molecule has 1 aliphatic rings. The molecule has 1 unspecified atom stereocenters. The summed E-state index contributed by atoms with van der Waals surface area (Å²) in [5, 5.41) is 12.0. The molecule has 0 bridgehead atoms. The first-order valence-corrected chi connectivity index (χ1v) is 6.87. The number of carbonyl (C=O) groups excluding carboxylic acids is 1. The van der Waals surface area contributed by atoms with Crippen LogP contribution in [0.2, 0.25) is 5.02 Å². The van der Waals surface area contributed by atoms with Crippen molar-refractivity contribution in [1.29, 1.82) is 0 Å². The van der Waals surface area contributed by atoms with Gasteiger partial charge in [-0.1, -0.05) is 17.7 Å². The number of urea groups is 1. The Bertz CT molecular complexity index is 533. The third-order valence-corrected chi connectivity index (χ3v) is 3.72. The van der Waals surface area contributed by atoms with E-state index >= 15 is 0 Å². The second-order valence-corrected chi connectivity index (χ2v) is 5.52. The van der Waals surface area contributed by atoms with Gasteiger partial charge in [-0.3, -0.25) is 4.79 Å². The van der Waals surface area contributed by atoms with Gasteiger partial charge in [-0.2, -0.15) is 0 Å². The number of hydrogen-bond donors (Lipinski definition) is 2. The summed E-state index contributed by atoms with van der Waals surface area (Å²) in [6.45, 7) is 2.98. The van der Waals surface area contributed by atoms with E-state index in [1.54, 1.807) is 17.0 Å². The standard InChI is InChI=1S/C14H17ClN2O3/c1-9-2-3-12(11(15)6-9)16-14(20)17-5-4-10(8-17)7-13(18)19/h2-3,6,10H,4-5,7-8H2,1H3,(H,16,20)(H,18,19). The van der Waals surface area contributed by atoms with Crippen LogP contribution in [0, 0.1) is 12.8 Å². The van der Waals surface area contributed by atoms with Gasteiger partial charge in [-0.25, -0.2) is 4.79 Å². The summed E-state index contributed by atoms with van der Waals surface area (Å²) in [7, 11) is 0. The molecule has 1 aliphatic heterocycles. The number of anilines is 1. The smallest absolute Gasteiger partial charge is 0.321 e. The quantitative estimate of drug-likeness (QED) is 0.901. The zero-order valence-corrected chi connectivity index (χ0v) is 12.0. The molecule has 2 rings (SSSR count). The molecule has 0 saturated carbocycles. The number of halogens is 1. The molecule has 6 heteroatoms. The van der Waals surface area contributed by atoms with Crippen molar-refractivity contribution in [2.75, 3.05) is 18.4 Å². The van der Waals surface area contributed by atoms with E-state index in [1.807, 2.05) is 13.0 Å². The van der Waals surface area contributed by atoms with Crippen LogP contribution in [0.25, 0.3) is 0 Å². The Labute approximate surface area is 122 Å². The predicted molar refractivity (Wildman–Crippen MR) is 77.1 cm³/mol. The van der Waals surface area contributed by atoms with Crippen molar-refractivity contribution >= 4 is 29.3 Å². The highest BCUT2D eigenvalue weighted by Crippen LogP contribution is 2.25. The number of carbonyl (C=O) groups is 2. The number of carboxylic acids is 1. The zero-order valence-electron chi connectivity index (χ0n) is 11.2. The summed E-state index contributed by atoms with van der Waals surface area (Å²) in [5.74, 6) is -0.787. The molecule has 5 nitrogen and oxygen atoms in total. The van der Waals surface area contributed by atoms with Crippen LogP contribution in [0.4, 0.5) is 10.5 Å². The van der Waals surface area contributed by atoms with E-state index < -0.39 is 5.97 Å². The summed E-state index contributed by atoms with van der Waals surface area (Å²) < 4.78 is 0. The lowest BCUT2D eigenvalue weighted by Gasteiger charge is -2.17. The minimum atomic E-state index is -0.821. The highest BCUT2D eigenvalue weighted by molar-refractivity contribution is 6.33. The Morgan fingerprint density at radius 3 is 2.90 bits per heavy atom. The van der Waals surface area contributed by atoms with Crippen molar-refractivity contribution in [3.8, 4) is 0 Å². The summed E-state index contributed by atoms with van der Waals surface area (Å²) in [5.41, 5.74) is 1.60. The number of amides is 2. The summed E-state index contributed by atoms with van der Waals surface area (Å²) in [4.78, 5) is 24.4. The van der Waals surface area contributed by atoms with Crippen LogP contribution < -0.4 is 5.32 Å². The van der Waals surface area contributed by atoms with Crippen molar-refractivity contribution in [2.45, 2.75) is 19.8 Å². The van der Waals surface area contributed by atoms with Crippen molar-refractivity contribution in [3.63, 3.8) is 0 Å². The Morgan fingerprint density at radius 2 is 2.25 bits per heavy atom. The van der Waals surface area contributed by atoms with Crippen LogP contribution in [0.15, 0.2) is 18.2 Å². The molecule has 0 spiro atoms. The molecule has 1 atom stereocenters. The maximum atomic E-state index is 12.1. The number of nitrogens with zero attached hydrogens (tertiary/aromatic N) is 1. The Morgan fingerprint density at radius 1 is 1.50 bits per heavy atom. The fourth-order valence-electron chi connectivity index (χ4n) is 2.35. The maximum absolute atomic E-state index is 12.1. The minimum Gasteiger partial charge on any atom is -0.481 e. The van der Waals surface area contributed by atoms with Crippen molar-refractivity contribution in [3.05, 3.63) is 28.8 Å². The molecule has 1 heterocycles. The molecule has 2 amide bonds. The first-order chi connectivity index (χ1) is 9.45. The van der Waals surface area contributed by atoms with Crippen LogP contribution in [-0.4, -0.2) is 35.1 Å². The van der Waals surface area contributed by atoms with E-state index in [0.29, 0.717) is 23.8 Å². The second kappa shape index (κ2) is 6.13. The van der Waals surface area contributed by atoms with Gasteiger partial charge in [0.15, 0.2) is 0 Å². The minimum absolute atomic E-state index is 0.0340. The van der Waals surface area contributed by atoms with E-state index in [2.05, 4.69) is 5.32 Å². The Balaban J connectivity index is 1.94. The topological polar surface area (TPSA) is 69.6 Å². The lowest BCUT2D eigenvalue weighted by Crippen LogP contribution is -2.33. The molecule has 108 valence electrons. The lowest BCUT2D eigenvalue weighted by atomic mass is 10.1. The van der Waals surface area contributed by atoms with Crippen LogP contribution >= 0.6 is 11.6 Å². The number of benzene rings is 1. The van der Waals surface area contributed by atoms with Gasteiger partial charge in [0.25, 0.3) is 0 Å². The zero-order chi connectivity index (χ0) is 14.7. The SMILES string of the molecule is Cc1ccc(NC(=O)N2CCC(CC(=O)O)C2)c(Cl)c1. The number of nitrogens with one attached hydrogen (secondary N) is 1. The first kappa shape index (κ1) is 14.7. The van der Waals surface area contributed by atoms with E-state index in [1.165, 1.54) is 0 Å². The van der Waals surface area contributed by atoms with Gasteiger partial charge in [-0.15, -0.1) is 0 Å². The van der Waals surface area contributed by atoms with Crippen LogP contribution in [0.5, 0.6) is 0 Å². The van der Waals surface area contributed by atoms with Gasteiger partial charge < -0.3 is 15.3 Å². The number of rotatable bonds is 3. The highest BCUT2D eigenvalue weighted by Gasteiger charge is 2.27. The van der Waals surface area contributed by atoms with E-state index in [-0.39, 0.29) is 18.4 Å². The van der Waals surface area contributed by atoms with E-state index in [4.69, 9.17) is 16.7 Å². The molecular weight excluding hydrogens is 280 g/mol. The van der Waals surface area contributed by atoms with Gasteiger partial charge in [0.2, 0.25) is 0 Å². The monoisotopic (exact) mass is 296 g/mol. The number of hydrogen-bond acceptors (Lipinski definition) is 2. The van der Waals surface area contributed by atoms with Crippen molar-refractivity contribution in [2.24, 2.45) is 5.92 Å². The lowest BCUT2D eigenvalue weighted by molar-refractivity contribution is -0.138. The van der Waals surface area contributed by atoms with Gasteiger partial charge in [-0.05, 0) is 37.0 Å². The largest absolute Gasteiger partial charge is 0.481 e.